The quantitative estimate of drug-likeness (QED) is 0.285. The Hall–Kier alpha value is -4.10. The molecule has 0 saturated carbocycles. The SMILES string of the molecule is c1ccc(-c2cccc(-c3ccccc3)c2-n2c3ccccc3c3ccccc32)cc1. The highest BCUT2D eigenvalue weighted by atomic mass is 15.0. The Bertz CT molecular complexity index is 1400. The van der Waals surface area contributed by atoms with Crippen LogP contribution in [-0.4, -0.2) is 4.57 Å². The minimum absolute atomic E-state index is 1.22. The van der Waals surface area contributed by atoms with Gasteiger partial charge in [0, 0.05) is 21.9 Å². The van der Waals surface area contributed by atoms with E-state index in [0.717, 1.165) is 0 Å². The second-order valence-electron chi connectivity index (χ2n) is 7.80. The average molecular weight is 396 g/mol. The van der Waals surface area contributed by atoms with Crippen molar-refractivity contribution in [3.63, 3.8) is 0 Å². The van der Waals surface area contributed by atoms with E-state index in [9.17, 15) is 0 Å². The van der Waals surface area contributed by atoms with Gasteiger partial charge in [0.05, 0.1) is 16.7 Å². The maximum atomic E-state index is 2.44. The third-order valence-corrected chi connectivity index (χ3v) is 6.01. The van der Waals surface area contributed by atoms with Gasteiger partial charge in [0.25, 0.3) is 0 Å². The fraction of sp³-hybridized carbons (Fsp3) is 0. The van der Waals surface area contributed by atoms with Gasteiger partial charge in [0.2, 0.25) is 0 Å². The van der Waals surface area contributed by atoms with Gasteiger partial charge in [-0.15, -0.1) is 0 Å². The molecular formula is C30H21N. The van der Waals surface area contributed by atoms with Crippen LogP contribution in [0.25, 0.3) is 49.7 Å². The highest BCUT2D eigenvalue weighted by Crippen LogP contribution is 2.40. The first-order chi connectivity index (χ1) is 15.4. The van der Waals surface area contributed by atoms with E-state index < -0.39 is 0 Å². The molecule has 31 heavy (non-hydrogen) atoms. The molecule has 1 nitrogen and oxygen atoms in total. The number of hydrogen-bond acceptors (Lipinski definition) is 0. The van der Waals surface area contributed by atoms with Crippen LogP contribution in [0.1, 0.15) is 0 Å². The highest BCUT2D eigenvalue weighted by molar-refractivity contribution is 6.10. The third-order valence-electron chi connectivity index (χ3n) is 6.01. The number of benzene rings is 5. The molecule has 0 aliphatic heterocycles. The summed E-state index contributed by atoms with van der Waals surface area (Å²) in [5.74, 6) is 0. The summed E-state index contributed by atoms with van der Waals surface area (Å²) < 4.78 is 2.44. The number of fused-ring (bicyclic) bond motifs is 3. The zero-order chi connectivity index (χ0) is 20.6. The minimum atomic E-state index is 1.22. The second-order valence-corrected chi connectivity index (χ2v) is 7.80. The molecule has 5 aromatic carbocycles. The van der Waals surface area contributed by atoms with Gasteiger partial charge in [-0.2, -0.15) is 0 Å². The first kappa shape index (κ1) is 17.7. The summed E-state index contributed by atoms with van der Waals surface area (Å²) in [4.78, 5) is 0. The zero-order valence-electron chi connectivity index (χ0n) is 17.1. The Kier molecular flexibility index (Phi) is 4.18. The van der Waals surface area contributed by atoms with Crippen molar-refractivity contribution in [2.24, 2.45) is 0 Å². The van der Waals surface area contributed by atoms with Crippen LogP contribution in [0.5, 0.6) is 0 Å². The van der Waals surface area contributed by atoms with E-state index in [1.54, 1.807) is 0 Å². The van der Waals surface area contributed by atoms with Crippen molar-refractivity contribution in [1.82, 2.24) is 4.57 Å². The first-order valence-electron chi connectivity index (χ1n) is 10.6. The van der Waals surface area contributed by atoms with Gasteiger partial charge in [-0.3, -0.25) is 0 Å². The maximum Gasteiger partial charge on any atom is 0.0618 e. The maximum absolute atomic E-state index is 2.44. The summed E-state index contributed by atoms with van der Waals surface area (Å²) in [6, 6.07) is 45.4. The number of rotatable bonds is 3. The molecule has 0 fully saturated rings. The Balaban J connectivity index is 1.81. The normalized spacial score (nSPS) is 11.2. The summed E-state index contributed by atoms with van der Waals surface area (Å²) in [5.41, 5.74) is 8.57. The molecule has 0 N–H and O–H groups in total. The average Bonchev–Trinajstić information content (AvgIpc) is 3.19. The Morgan fingerprint density at radius 2 is 0.774 bits per heavy atom. The fourth-order valence-electron chi connectivity index (χ4n) is 4.65. The largest absolute Gasteiger partial charge is 0.308 e. The number of nitrogens with zero attached hydrogens (tertiary/aromatic N) is 1. The predicted octanol–water partition coefficient (Wildman–Crippen LogP) is 8.12. The Labute approximate surface area is 181 Å². The summed E-state index contributed by atoms with van der Waals surface area (Å²) in [6.45, 7) is 0. The van der Waals surface area contributed by atoms with Crippen LogP contribution in [0, 0.1) is 0 Å². The monoisotopic (exact) mass is 395 g/mol. The van der Waals surface area contributed by atoms with Gasteiger partial charge in [-0.25, -0.2) is 0 Å². The summed E-state index contributed by atoms with van der Waals surface area (Å²) in [5, 5.41) is 2.56. The van der Waals surface area contributed by atoms with Crippen molar-refractivity contribution in [2.45, 2.75) is 0 Å². The van der Waals surface area contributed by atoms with E-state index in [4.69, 9.17) is 0 Å². The van der Waals surface area contributed by atoms with Gasteiger partial charge in [-0.05, 0) is 23.3 Å². The predicted molar refractivity (Wildman–Crippen MR) is 132 cm³/mol. The van der Waals surface area contributed by atoms with Crippen molar-refractivity contribution in [1.29, 1.82) is 0 Å². The van der Waals surface area contributed by atoms with Crippen LogP contribution < -0.4 is 0 Å². The molecule has 146 valence electrons. The van der Waals surface area contributed by atoms with Crippen molar-refractivity contribution in [3.8, 4) is 27.9 Å². The summed E-state index contributed by atoms with van der Waals surface area (Å²) in [6.07, 6.45) is 0. The molecule has 0 bridgehead atoms. The molecule has 0 saturated heterocycles. The van der Waals surface area contributed by atoms with Gasteiger partial charge < -0.3 is 4.57 Å². The van der Waals surface area contributed by atoms with E-state index >= 15 is 0 Å². The molecule has 1 heteroatoms. The Morgan fingerprint density at radius 1 is 0.355 bits per heavy atom. The van der Waals surface area contributed by atoms with E-state index in [0.29, 0.717) is 0 Å². The van der Waals surface area contributed by atoms with Crippen LogP contribution in [0.3, 0.4) is 0 Å². The van der Waals surface area contributed by atoms with Crippen molar-refractivity contribution in [2.75, 3.05) is 0 Å². The van der Waals surface area contributed by atoms with Crippen molar-refractivity contribution in [3.05, 3.63) is 127 Å². The molecule has 1 heterocycles. The van der Waals surface area contributed by atoms with Crippen molar-refractivity contribution >= 4 is 21.8 Å². The van der Waals surface area contributed by atoms with Crippen LogP contribution in [0.15, 0.2) is 127 Å². The van der Waals surface area contributed by atoms with Gasteiger partial charge in [-0.1, -0.05) is 115 Å². The molecule has 0 radical (unpaired) electrons. The van der Waals surface area contributed by atoms with E-state index in [1.165, 1.54) is 49.7 Å². The van der Waals surface area contributed by atoms with Crippen LogP contribution in [-0.2, 0) is 0 Å². The molecular weight excluding hydrogens is 374 g/mol. The lowest BCUT2D eigenvalue weighted by atomic mass is 9.95. The molecule has 0 amide bonds. The lowest BCUT2D eigenvalue weighted by Crippen LogP contribution is -2.00. The topological polar surface area (TPSA) is 4.93 Å². The van der Waals surface area contributed by atoms with Crippen LogP contribution >= 0.6 is 0 Å². The molecule has 0 unspecified atom stereocenters. The van der Waals surface area contributed by atoms with E-state index in [2.05, 4.69) is 132 Å². The van der Waals surface area contributed by atoms with Gasteiger partial charge in [0.15, 0.2) is 0 Å². The number of aromatic nitrogens is 1. The standard InChI is InChI=1S/C30H21N/c1-3-12-22(13-4-1)24-18-11-19-25(23-14-5-2-6-15-23)30(24)31-28-20-9-7-16-26(28)27-17-8-10-21-29(27)31/h1-21H. The third kappa shape index (κ3) is 2.86. The lowest BCUT2D eigenvalue weighted by molar-refractivity contribution is 1.18. The minimum Gasteiger partial charge on any atom is -0.308 e. The van der Waals surface area contributed by atoms with E-state index in [1.807, 2.05) is 0 Å². The van der Waals surface area contributed by atoms with Crippen LogP contribution in [0.2, 0.25) is 0 Å². The molecule has 0 aliphatic carbocycles. The van der Waals surface area contributed by atoms with Gasteiger partial charge >= 0.3 is 0 Å². The lowest BCUT2D eigenvalue weighted by Gasteiger charge is -2.19. The molecule has 1 aromatic heterocycles. The molecule has 6 aromatic rings. The number of hydrogen-bond donors (Lipinski definition) is 0. The summed E-state index contributed by atoms with van der Waals surface area (Å²) in [7, 11) is 0. The molecule has 6 rings (SSSR count). The molecule has 0 spiro atoms. The number of para-hydroxylation sites is 3. The second kappa shape index (κ2) is 7.30. The molecule has 0 atom stereocenters. The Morgan fingerprint density at radius 3 is 1.26 bits per heavy atom. The summed E-state index contributed by atoms with van der Waals surface area (Å²) >= 11 is 0. The van der Waals surface area contributed by atoms with E-state index in [-0.39, 0.29) is 0 Å². The van der Waals surface area contributed by atoms with Gasteiger partial charge in [0.1, 0.15) is 0 Å². The first-order valence-corrected chi connectivity index (χ1v) is 10.6. The fourth-order valence-corrected chi connectivity index (χ4v) is 4.65. The van der Waals surface area contributed by atoms with Crippen LogP contribution in [0.4, 0.5) is 0 Å². The zero-order valence-corrected chi connectivity index (χ0v) is 17.1. The van der Waals surface area contributed by atoms with Crippen molar-refractivity contribution < 1.29 is 0 Å². The smallest absolute Gasteiger partial charge is 0.0618 e. The highest BCUT2D eigenvalue weighted by Gasteiger charge is 2.18. The molecule has 0 aliphatic rings.